The summed E-state index contributed by atoms with van der Waals surface area (Å²) < 4.78 is 15.7. The molecule has 4 heterocycles. The summed E-state index contributed by atoms with van der Waals surface area (Å²) in [6, 6.07) is 80.4. The zero-order valence-corrected chi connectivity index (χ0v) is 37.0. The van der Waals surface area contributed by atoms with Crippen molar-refractivity contribution >= 4 is 65.7 Å². The molecule has 0 saturated heterocycles. The molecule has 322 valence electrons. The maximum Gasteiger partial charge on any atom is 0.164 e. The molecule has 6 nitrogen and oxygen atoms in total. The molecular formula is C63H38N4O2. The highest BCUT2D eigenvalue weighted by atomic mass is 16.3. The third-order valence-electron chi connectivity index (χ3n) is 13.5. The topological polar surface area (TPSA) is 69.9 Å². The normalized spacial score (nSPS) is 11.8. The highest BCUT2D eigenvalue weighted by molar-refractivity contribution is 6.14. The van der Waals surface area contributed by atoms with Crippen LogP contribution in [0.4, 0.5) is 0 Å². The first-order chi connectivity index (χ1) is 34.2. The van der Waals surface area contributed by atoms with Gasteiger partial charge in [-0.1, -0.05) is 164 Å². The molecule has 0 radical (unpaired) electrons. The Balaban J connectivity index is 0.896. The van der Waals surface area contributed by atoms with E-state index in [1.54, 1.807) is 0 Å². The third kappa shape index (κ3) is 6.45. The van der Waals surface area contributed by atoms with E-state index in [2.05, 4.69) is 180 Å². The van der Waals surface area contributed by atoms with Crippen molar-refractivity contribution in [1.82, 2.24) is 19.5 Å². The first-order valence-corrected chi connectivity index (χ1v) is 23.2. The zero-order valence-electron chi connectivity index (χ0n) is 37.0. The highest BCUT2D eigenvalue weighted by Gasteiger charge is 2.21. The number of furan rings is 2. The van der Waals surface area contributed by atoms with Crippen LogP contribution in [0.1, 0.15) is 0 Å². The minimum absolute atomic E-state index is 0.552. The number of hydrogen-bond acceptors (Lipinski definition) is 5. The second-order valence-electron chi connectivity index (χ2n) is 17.5. The molecule has 0 bridgehead atoms. The van der Waals surface area contributed by atoms with E-state index in [1.807, 2.05) is 54.6 Å². The molecule has 0 atom stereocenters. The average Bonchev–Trinajstić information content (AvgIpc) is 4.10. The molecule has 0 aliphatic heterocycles. The Labute approximate surface area is 396 Å². The number of fused-ring (bicyclic) bond motifs is 9. The molecule has 0 spiro atoms. The van der Waals surface area contributed by atoms with Crippen LogP contribution in [-0.4, -0.2) is 19.5 Å². The Morgan fingerprint density at radius 2 is 0.812 bits per heavy atom. The standard InChI is InChI=1S/C63H38N4O2/c1-5-15-39(16-6-1)42-29-33-54-52(35-42)53-36-43(30-34-55(53)67(54)46-21-11-4-12-22-46)44-27-32-50-58(37-44)68-56-26-14-25-51(59(50)56)63-65-61(41-19-9-3-10-20-41)64-62(66-63)45-28-31-48-49-24-13-23-47(40-17-7-2-8-18-40)60(49)69-57(48)38-45/h1-38H. The second-order valence-corrected chi connectivity index (χ2v) is 17.5. The van der Waals surface area contributed by atoms with E-state index < -0.39 is 0 Å². The molecule has 0 amide bonds. The second kappa shape index (κ2) is 15.6. The molecule has 0 unspecified atom stereocenters. The van der Waals surface area contributed by atoms with Gasteiger partial charge in [0.25, 0.3) is 0 Å². The van der Waals surface area contributed by atoms with Crippen molar-refractivity contribution in [3.63, 3.8) is 0 Å². The maximum absolute atomic E-state index is 6.72. The molecule has 69 heavy (non-hydrogen) atoms. The van der Waals surface area contributed by atoms with Crippen LogP contribution in [0.2, 0.25) is 0 Å². The van der Waals surface area contributed by atoms with Crippen LogP contribution < -0.4 is 0 Å². The van der Waals surface area contributed by atoms with Gasteiger partial charge in [0, 0.05) is 60.3 Å². The number of benzene rings is 10. The summed E-state index contributed by atoms with van der Waals surface area (Å²) in [6.45, 7) is 0. The van der Waals surface area contributed by atoms with Crippen LogP contribution in [0.3, 0.4) is 0 Å². The van der Waals surface area contributed by atoms with Crippen molar-refractivity contribution in [3.05, 3.63) is 231 Å². The maximum atomic E-state index is 6.72. The van der Waals surface area contributed by atoms with E-state index in [4.69, 9.17) is 23.8 Å². The summed E-state index contributed by atoms with van der Waals surface area (Å²) in [6.07, 6.45) is 0. The minimum atomic E-state index is 0.552. The minimum Gasteiger partial charge on any atom is -0.456 e. The van der Waals surface area contributed by atoms with E-state index in [9.17, 15) is 0 Å². The van der Waals surface area contributed by atoms with Crippen molar-refractivity contribution in [2.45, 2.75) is 0 Å². The van der Waals surface area contributed by atoms with Gasteiger partial charge in [-0.2, -0.15) is 0 Å². The summed E-state index contributed by atoms with van der Waals surface area (Å²) in [5.41, 5.74) is 15.9. The van der Waals surface area contributed by atoms with Crippen molar-refractivity contribution < 1.29 is 8.83 Å². The molecule has 0 aliphatic rings. The average molecular weight is 883 g/mol. The van der Waals surface area contributed by atoms with E-state index in [1.165, 1.54) is 21.9 Å². The van der Waals surface area contributed by atoms with E-state index in [0.29, 0.717) is 17.5 Å². The molecular weight excluding hydrogens is 845 g/mol. The Kier molecular flexibility index (Phi) is 8.79. The molecule has 0 aliphatic carbocycles. The summed E-state index contributed by atoms with van der Waals surface area (Å²) in [5.74, 6) is 1.69. The summed E-state index contributed by atoms with van der Waals surface area (Å²) in [4.78, 5) is 15.5. The first-order valence-electron chi connectivity index (χ1n) is 23.2. The van der Waals surface area contributed by atoms with Gasteiger partial charge in [0.1, 0.15) is 22.3 Å². The lowest BCUT2D eigenvalue weighted by Gasteiger charge is -2.09. The molecule has 4 aromatic heterocycles. The van der Waals surface area contributed by atoms with Crippen LogP contribution in [0, 0.1) is 0 Å². The monoisotopic (exact) mass is 882 g/mol. The molecule has 10 aromatic carbocycles. The number of para-hydroxylation sites is 2. The van der Waals surface area contributed by atoms with Crippen molar-refractivity contribution in [2.24, 2.45) is 0 Å². The van der Waals surface area contributed by atoms with Gasteiger partial charge in [-0.25, -0.2) is 15.0 Å². The number of nitrogens with zero attached hydrogens (tertiary/aromatic N) is 4. The Morgan fingerprint density at radius 1 is 0.290 bits per heavy atom. The van der Waals surface area contributed by atoms with Gasteiger partial charge in [-0.05, 0) is 94.5 Å². The molecule has 6 heteroatoms. The molecule has 14 aromatic rings. The zero-order chi connectivity index (χ0) is 45.4. The predicted octanol–water partition coefficient (Wildman–Crippen LogP) is 16.8. The summed E-state index contributed by atoms with van der Waals surface area (Å²) >= 11 is 0. The van der Waals surface area contributed by atoms with Crippen molar-refractivity contribution in [1.29, 1.82) is 0 Å². The van der Waals surface area contributed by atoms with Gasteiger partial charge in [0.15, 0.2) is 17.5 Å². The van der Waals surface area contributed by atoms with Gasteiger partial charge in [0.05, 0.1) is 11.0 Å². The molecule has 0 saturated carbocycles. The lowest BCUT2D eigenvalue weighted by molar-refractivity contribution is 0.669. The first kappa shape index (κ1) is 38.8. The fourth-order valence-corrected chi connectivity index (χ4v) is 10.2. The van der Waals surface area contributed by atoms with Gasteiger partial charge < -0.3 is 13.4 Å². The van der Waals surface area contributed by atoms with Crippen LogP contribution in [0.15, 0.2) is 239 Å². The predicted molar refractivity (Wildman–Crippen MR) is 281 cm³/mol. The number of rotatable bonds is 7. The molecule has 14 rings (SSSR count). The Bertz CT molecular complexity index is 4290. The lowest BCUT2D eigenvalue weighted by atomic mass is 9.99. The SMILES string of the molecule is c1ccc(-c2ccc3c(c2)c2cc(-c4ccc5c(c4)oc4cccc(-c6nc(-c7ccccc7)nc(-c7ccc8c(c7)oc7c(-c9ccccc9)cccc78)n6)c45)ccc2n3-c2ccccc2)cc1. The van der Waals surface area contributed by atoms with Gasteiger partial charge in [-0.15, -0.1) is 0 Å². The fraction of sp³-hybridized carbons (Fsp3) is 0. The smallest absolute Gasteiger partial charge is 0.164 e. The Hall–Kier alpha value is -9.39. The van der Waals surface area contributed by atoms with E-state index >= 15 is 0 Å². The van der Waals surface area contributed by atoms with Gasteiger partial charge in [-0.3, -0.25) is 0 Å². The quantitative estimate of drug-likeness (QED) is 0.159. The lowest BCUT2D eigenvalue weighted by Crippen LogP contribution is -2.00. The largest absolute Gasteiger partial charge is 0.456 e. The Morgan fingerprint density at radius 3 is 1.54 bits per heavy atom. The number of aromatic nitrogens is 4. The van der Waals surface area contributed by atoms with Crippen LogP contribution in [-0.2, 0) is 0 Å². The van der Waals surface area contributed by atoms with Crippen LogP contribution >= 0.6 is 0 Å². The summed E-state index contributed by atoms with van der Waals surface area (Å²) in [7, 11) is 0. The van der Waals surface area contributed by atoms with Crippen molar-refractivity contribution in [2.75, 3.05) is 0 Å². The van der Waals surface area contributed by atoms with Gasteiger partial charge in [0.2, 0.25) is 0 Å². The van der Waals surface area contributed by atoms with E-state index in [0.717, 1.165) is 99.5 Å². The van der Waals surface area contributed by atoms with Gasteiger partial charge >= 0.3 is 0 Å². The number of hydrogen-bond donors (Lipinski definition) is 0. The van der Waals surface area contributed by atoms with Crippen LogP contribution in [0.5, 0.6) is 0 Å². The highest BCUT2D eigenvalue weighted by Crippen LogP contribution is 2.42. The third-order valence-corrected chi connectivity index (χ3v) is 13.5. The molecule has 0 fully saturated rings. The van der Waals surface area contributed by atoms with Crippen molar-refractivity contribution in [3.8, 4) is 73.2 Å². The fourth-order valence-electron chi connectivity index (χ4n) is 10.2. The molecule has 0 N–H and O–H groups in total. The van der Waals surface area contributed by atoms with E-state index in [-0.39, 0.29) is 0 Å². The summed E-state index contributed by atoms with van der Waals surface area (Å²) in [5, 5.41) is 6.43. The van der Waals surface area contributed by atoms with Crippen LogP contribution in [0.25, 0.3) is 139 Å².